The first-order chi connectivity index (χ1) is 4.77. The normalized spacial score (nSPS) is 17.9. The van der Waals surface area contributed by atoms with E-state index in [1.807, 2.05) is 0 Å². The SMILES string of the molecule is CCOP(=O)(F)OC(F)(F)F. The Morgan fingerprint density at radius 1 is 1.45 bits per heavy atom. The third kappa shape index (κ3) is 6.28. The highest BCUT2D eigenvalue weighted by atomic mass is 31.2. The summed E-state index contributed by atoms with van der Waals surface area (Å²) in [5.41, 5.74) is 0. The number of hydrogen-bond donors (Lipinski definition) is 0. The molecule has 11 heavy (non-hydrogen) atoms. The van der Waals surface area contributed by atoms with Crippen molar-refractivity contribution >= 4 is 7.91 Å². The molecule has 8 heteroatoms. The van der Waals surface area contributed by atoms with E-state index in [0.717, 1.165) is 0 Å². The van der Waals surface area contributed by atoms with Gasteiger partial charge in [0.05, 0.1) is 6.61 Å². The summed E-state index contributed by atoms with van der Waals surface area (Å²) in [6.07, 6.45) is -5.28. The van der Waals surface area contributed by atoms with Gasteiger partial charge in [0, 0.05) is 0 Å². The number of hydrogen-bond acceptors (Lipinski definition) is 3. The van der Waals surface area contributed by atoms with Crippen LogP contribution in [0.1, 0.15) is 6.92 Å². The Labute approximate surface area is 59.9 Å². The summed E-state index contributed by atoms with van der Waals surface area (Å²) in [5.74, 6) is 0. The highest BCUT2D eigenvalue weighted by Gasteiger charge is 2.42. The zero-order valence-corrected chi connectivity index (χ0v) is 6.29. The van der Waals surface area contributed by atoms with Gasteiger partial charge in [0.2, 0.25) is 0 Å². The molecule has 1 atom stereocenters. The van der Waals surface area contributed by atoms with Crippen LogP contribution < -0.4 is 0 Å². The minimum absolute atomic E-state index is 0.455. The first-order valence-electron chi connectivity index (χ1n) is 2.48. The summed E-state index contributed by atoms with van der Waals surface area (Å²) in [5, 5.41) is 0. The molecule has 0 heterocycles. The first-order valence-corrected chi connectivity index (χ1v) is 3.92. The molecule has 3 nitrogen and oxygen atoms in total. The fourth-order valence-corrected chi connectivity index (χ4v) is 0.913. The smallest absolute Gasteiger partial charge is 0.284 e. The summed E-state index contributed by atoms with van der Waals surface area (Å²) in [7, 11) is -5.44. The van der Waals surface area contributed by atoms with Crippen molar-refractivity contribution in [2.24, 2.45) is 0 Å². The molecular weight excluding hydrogens is 191 g/mol. The van der Waals surface area contributed by atoms with Gasteiger partial charge in [-0.2, -0.15) is 4.52 Å². The van der Waals surface area contributed by atoms with Crippen molar-refractivity contribution < 1.29 is 31.0 Å². The lowest BCUT2D eigenvalue weighted by atomic mass is 10.9. The van der Waals surface area contributed by atoms with E-state index >= 15 is 0 Å². The van der Waals surface area contributed by atoms with Gasteiger partial charge in [-0.1, -0.05) is 0 Å². The molecule has 0 spiro atoms. The predicted molar refractivity (Wildman–Crippen MR) is 27.5 cm³/mol. The second-order valence-corrected chi connectivity index (χ2v) is 2.69. The number of alkyl halides is 3. The molecule has 0 aliphatic heterocycles. The van der Waals surface area contributed by atoms with Crippen LogP contribution in [0.15, 0.2) is 0 Å². The molecule has 0 aromatic carbocycles. The second-order valence-electron chi connectivity index (χ2n) is 1.39. The summed E-state index contributed by atoms with van der Waals surface area (Å²) in [6, 6.07) is 0. The van der Waals surface area contributed by atoms with Gasteiger partial charge >= 0.3 is 14.3 Å². The van der Waals surface area contributed by atoms with Crippen molar-refractivity contribution in [2.75, 3.05) is 6.61 Å². The van der Waals surface area contributed by atoms with E-state index in [9.17, 15) is 21.9 Å². The van der Waals surface area contributed by atoms with E-state index in [-0.39, 0.29) is 0 Å². The van der Waals surface area contributed by atoms with Crippen LogP contribution in [0.5, 0.6) is 0 Å². The second kappa shape index (κ2) is 3.51. The zero-order valence-electron chi connectivity index (χ0n) is 5.39. The molecule has 1 unspecified atom stereocenters. The maximum atomic E-state index is 12.0. The van der Waals surface area contributed by atoms with E-state index < -0.39 is 20.9 Å². The van der Waals surface area contributed by atoms with E-state index in [0.29, 0.717) is 0 Å². The van der Waals surface area contributed by atoms with Crippen LogP contribution in [0, 0.1) is 0 Å². The summed E-state index contributed by atoms with van der Waals surface area (Å²) in [6.45, 7) is 0.732. The lowest BCUT2D eigenvalue weighted by Crippen LogP contribution is -2.10. The van der Waals surface area contributed by atoms with E-state index in [1.165, 1.54) is 6.92 Å². The molecule has 68 valence electrons. The van der Waals surface area contributed by atoms with Crippen molar-refractivity contribution in [3.8, 4) is 0 Å². The van der Waals surface area contributed by atoms with Gasteiger partial charge in [0.25, 0.3) is 0 Å². The van der Waals surface area contributed by atoms with Crippen LogP contribution in [-0.2, 0) is 13.6 Å². The molecule has 0 rings (SSSR count). The van der Waals surface area contributed by atoms with Gasteiger partial charge in [-0.3, -0.25) is 4.52 Å². The third-order valence-corrected chi connectivity index (χ3v) is 1.49. The third-order valence-electron chi connectivity index (χ3n) is 0.496. The van der Waals surface area contributed by atoms with E-state index in [4.69, 9.17) is 0 Å². The number of rotatable bonds is 3. The van der Waals surface area contributed by atoms with Crippen molar-refractivity contribution in [3.63, 3.8) is 0 Å². The standard InChI is InChI=1S/C3H5F4O3P/c1-2-9-11(7,8)10-3(4,5)6/h2H2,1H3. The van der Waals surface area contributed by atoms with Crippen LogP contribution in [0.3, 0.4) is 0 Å². The Hall–Kier alpha value is -0.130. The molecule has 0 fully saturated rings. The van der Waals surface area contributed by atoms with Gasteiger partial charge in [0.15, 0.2) is 0 Å². The quantitative estimate of drug-likeness (QED) is 0.514. The summed E-state index contributed by atoms with van der Waals surface area (Å²) < 4.78 is 61.5. The van der Waals surface area contributed by atoms with Crippen molar-refractivity contribution in [1.29, 1.82) is 0 Å². The van der Waals surface area contributed by atoms with Gasteiger partial charge in [0.1, 0.15) is 0 Å². The minimum Gasteiger partial charge on any atom is -0.284 e. The molecule has 0 aromatic rings. The van der Waals surface area contributed by atoms with Gasteiger partial charge < -0.3 is 0 Å². The maximum Gasteiger partial charge on any atom is 0.531 e. The molecule has 0 saturated carbocycles. The van der Waals surface area contributed by atoms with Crippen molar-refractivity contribution in [2.45, 2.75) is 13.3 Å². The Morgan fingerprint density at radius 2 is 1.91 bits per heavy atom. The number of halogens is 4. The minimum atomic E-state index is -5.44. The monoisotopic (exact) mass is 196 g/mol. The predicted octanol–water partition coefficient (Wildman–Crippen LogP) is 2.64. The topological polar surface area (TPSA) is 35.5 Å². The lowest BCUT2D eigenvalue weighted by molar-refractivity contribution is -0.281. The van der Waals surface area contributed by atoms with Crippen LogP contribution >= 0.6 is 7.91 Å². The van der Waals surface area contributed by atoms with Crippen LogP contribution in [0.4, 0.5) is 17.4 Å². The molecule has 0 radical (unpaired) electrons. The van der Waals surface area contributed by atoms with Gasteiger partial charge in [-0.05, 0) is 6.92 Å². The highest BCUT2D eigenvalue weighted by molar-refractivity contribution is 7.48. The summed E-state index contributed by atoms with van der Waals surface area (Å²) >= 11 is 0. The van der Waals surface area contributed by atoms with Gasteiger partial charge in [-0.25, -0.2) is 4.57 Å². The van der Waals surface area contributed by atoms with E-state index in [2.05, 4.69) is 9.05 Å². The van der Waals surface area contributed by atoms with Gasteiger partial charge in [-0.15, -0.1) is 17.4 Å². The first kappa shape index (κ1) is 10.9. The largest absolute Gasteiger partial charge is 0.531 e. The average Bonchev–Trinajstić information content (AvgIpc) is 1.55. The summed E-state index contributed by atoms with van der Waals surface area (Å²) in [4.78, 5) is 0. The Bertz CT molecular complexity index is 166. The van der Waals surface area contributed by atoms with Crippen LogP contribution in [0.25, 0.3) is 0 Å². The molecule has 0 N–H and O–H groups in total. The van der Waals surface area contributed by atoms with Crippen molar-refractivity contribution in [3.05, 3.63) is 0 Å². The molecule has 0 amide bonds. The Kier molecular flexibility index (Phi) is 3.47. The van der Waals surface area contributed by atoms with E-state index in [1.54, 1.807) is 0 Å². The maximum absolute atomic E-state index is 12.0. The molecule has 0 aliphatic rings. The zero-order chi connectivity index (χ0) is 9.12. The van der Waals surface area contributed by atoms with Crippen LogP contribution in [0.2, 0.25) is 0 Å². The average molecular weight is 196 g/mol. The molecule has 0 saturated heterocycles. The van der Waals surface area contributed by atoms with Crippen LogP contribution in [-0.4, -0.2) is 13.0 Å². The fourth-order valence-electron chi connectivity index (χ4n) is 0.304. The fraction of sp³-hybridized carbons (Fsp3) is 1.00. The Morgan fingerprint density at radius 3 is 2.18 bits per heavy atom. The lowest BCUT2D eigenvalue weighted by Gasteiger charge is -2.09. The Balaban J connectivity index is 4.03. The molecular formula is C3H5F4O3P. The molecule has 0 aliphatic carbocycles. The highest BCUT2D eigenvalue weighted by Crippen LogP contribution is 2.53. The van der Waals surface area contributed by atoms with Crippen molar-refractivity contribution in [1.82, 2.24) is 0 Å². The molecule has 0 aromatic heterocycles. The molecule has 0 bridgehead atoms.